The van der Waals surface area contributed by atoms with Crippen LogP contribution in [0.4, 0.5) is 5.82 Å². The molecule has 1 aliphatic heterocycles. The molecule has 2 aromatic heterocycles. The van der Waals surface area contributed by atoms with Gasteiger partial charge in [-0.2, -0.15) is 0 Å². The summed E-state index contributed by atoms with van der Waals surface area (Å²) in [5, 5.41) is 5.50. The van der Waals surface area contributed by atoms with Gasteiger partial charge in [-0.15, -0.1) is 11.3 Å². The van der Waals surface area contributed by atoms with Gasteiger partial charge in [-0.3, -0.25) is 4.90 Å². The van der Waals surface area contributed by atoms with E-state index in [0.29, 0.717) is 0 Å². The van der Waals surface area contributed by atoms with E-state index < -0.39 is 0 Å². The second kappa shape index (κ2) is 5.81. The molecule has 1 fully saturated rings. The van der Waals surface area contributed by atoms with Gasteiger partial charge in [0.15, 0.2) is 0 Å². The molecule has 1 saturated heterocycles. The van der Waals surface area contributed by atoms with E-state index in [0.717, 1.165) is 42.2 Å². The zero-order valence-electron chi connectivity index (χ0n) is 11.2. The average Bonchev–Trinajstić information content (AvgIpc) is 2.90. The van der Waals surface area contributed by atoms with Gasteiger partial charge in [0.1, 0.15) is 12.1 Å². The van der Waals surface area contributed by atoms with Gasteiger partial charge >= 0.3 is 0 Å². The fourth-order valence-corrected chi connectivity index (χ4v) is 3.13. The molecule has 0 aromatic carbocycles. The van der Waals surface area contributed by atoms with Crippen molar-refractivity contribution in [1.82, 2.24) is 19.8 Å². The summed E-state index contributed by atoms with van der Waals surface area (Å²) >= 11 is 1.69. The Morgan fingerprint density at radius 2 is 2.11 bits per heavy atom. The minimum atomic E-state index is 0.938. The summed E-state index contributed by atoms with van der Waals surface area (Å²) in [6, 6.07) is 2.04. The number of nitrogens with zero attached hydrogens (tertiary/aromatic N) is 4. The van der Waals surface area contributed by atoms with Crippen LogP contribution in [0.25, 0.3) is 10.2 Å². The van der Waals surface area contributed by atoms with Crippen LogP contribution in [0.15, 0.2) is 17.8 Å². The third kappa shape index (κ3) is 3.02. The molecular weight excluding hydrogens is 258 g/mol. The van der Waals surface area contributed by atoms with Crippen molar-refractivity contribution in [3.05, 3.63) is 17.8 Å². The van der Waals surface area contributed by atoms with Crippen LogP contribution in [0.1, 0.15) is 0 Å². The van der Waals surface area contributed by atoms with E-state index in [1.807, 2.05) is 6.07 Å². The number of fused-ring (bicyclic) bond motifs is 1. The first-order chi connectivity index (χ1) is 9.33. The van der Waals surface area contributed by atoms with E-state index in [1.165, 1.54) is 13.1 Å². The lowest BCUT2D eigenvalue weighted by Gasteiger charge is -2.32. The number of anilines is 1. The lowest BCUT2D eigenvalue weighted by Crippen LogP contribution is -2.45. The zero-order chi connectivity index (χ0) is 13.1. The largest absolute Gasteiger partial charge is 0.367 e. The second-order valence-corrected chi connectivity index (χ2v) is 5.85. The van der Waals surface area contributed by atoms with Crippen molar-refractivity contribution < 1.29 is 0 Å². The summed E-state index contributed by atoms with van der Waals surface area (Å²) in [5.41, 5.74) is 1.03. The normalized spacial score (nSPS) is 17.9. The summed E-state index contributed by atoms with van der Waals surface area (Å²) in [5.74, 6) is 0.967. The summed E-state index contributed by atoms with van der Waals surface area (Å²) in [6.07, 6.45) is 1.63. The highest BCUT2D eigenvalue weighted by Gasteiger charge is 2.13. The van der Waals surface area contributed by atoms with Crippen molar-refractivity contribution in [2.45, 2.75) is 0 Å². The van der Waals surface area contributed by atoms with E-state index in [-0.39, 0.29) is 0 Å². The van der Waals surface area contributed by atoms with E-state index in [4.69, 9.17) is 0 Å². The smallest absolute Gasteiger partial charge is 0.147 e. The number of hydrogen-bond acceptors (Lipinski definition) is 6. The fraction of sp³-hybridized carbons (Fsp3) is 0.538. The lowest BCUT2D eigenvalue weighted by atomic mass is 10.3. The maximum Gasteiger partial charge on any atom is 0.147 e. The molecule has 1 N–H and O–H groups in total. The van der Waals surface area contributed by atoms with Crippen molar-refractivity contribution in [2.24, 2.45) is 0 Å². The Kier molecular flexibility index (Phi) is 3.91. The van der Waals surface area contributed by atoms with E-state index >= 15 is 0 Å². The SMILES string of the molecule is CN1CCN(CCNc2ncnc3ccsc23)CC1. The maximum absolute atomic E-state index is 4.34. The fourth-order valence-electron chi connectivity index (χ4n) is 2.32. The molecule has 0 unspecified atom stereocenters. The van der Waals surface area contributed by atoms with E-state index in [2.05, 4.69) is 37.5 Å². The molecule has 0 amide bonds. The van der Waals surface area contributed by atoms with Crippen LogP contribution in [0, 0.1) is 0 Å². The number of rotatable bonds is 4. The summed E-state index contributed by atoms with van der Waals surface area (Å²) in [6.45, 7) is 6.68. The van der Waals surface area contributed by atoms with Gasteiger partial charge in [-0.25, -0.2) is 9.97 Å². The van der Waals surface area contributed by atoms with Crippen LogP contribution >= 0.6 is 11.3 Å². The second-order valence-electron chi connectivity index (χ2n) is 4.93. The van der Waals surface area contributed by atoms with E-state index in [1.54, 1.807) is 17.7 Å². The molecule has 2 aromatic rings. The summed E-state index contributed by atoms with van der Waals surface area (Å²) < 4.78 is 1.15. The van der Waals surface area contributed by atoms with Gasteiger partial charge in [0.05, 0.1) is 10.2 Å². The summed E-state index contributed by atoms with van der Waals surface area (Å²) in [4.78, 5) is 13.5. The van der Waals surface area contributed by atoms with Crippen LogP contribution in [-0.2, 0) is 0 Å². The van der Waals surface area contributed by atoms with Crippen LogP contribution in [-0.4, -0.2) is 66.1 Å². The predicted octanol–water partition coefficient (Wildman–Crippen LogP) is 1.35. The van der Waals surface area contributed by atoms with Crippen molar-refractivity contribution in [1.29, 1.82) is 0 Å². The Morgan fingerprint density at radius 1 is 1.26 bits per heavy atom. The summed E-state index contributed by atoms with van der Waals surface area (Å²) in [7, 11) is 2.18. The molecule has 19 heavy (non-hydrogen) atoms. The van der Waals surface area contributed by atoms with Crippen molar-refractivity contribution in [3.63, 3.8) is 0 Å². The van der Waals surface area contributed by atoms with Gasteiger partial charge in [0, 0.05) is 39.3 Å². The molecule has 6 heteroatoms. The minimum Gasteiger partial charge on any atom is -0.367 e. The Balaban J connectivity index is 1.53. The Labute approximate surface area is 117 Å². The molecule has 0 atom stereocenters. The molecule has 0 aliphatic carbocycles. The highest BCUT2D eigenvalue weighted by molar-refractivity contribution is 7.17. The number of aromatic nitrogens is 2. The van der Waals surface area contributed by atoms with Crippen LogP contribution in [0.5, 0.6) is 0 Å². The molecule has 0 spiro atoms. The Hall–Kier alpha value is -1.24. The average molecular weight is 277 g/mol. The number of piperazine rings is 1. The molecule has 1 aliphatic rings. The quantitative estimate of drug-likeness (QED) is 0.914. The van der Waals surface area contributed by atoms with Gasteiger partial charge in [0.25, 0.3) is 0 Å². The first-order valence-electron chi connectivity index (χ1n) is 6.66. The molecule has 0 radical (unpaired) electrons. The molecule has 3 rings (SSSR count). The van der Waals surface area contributed by atoms with Crippen LogP contribution < -0.4 is 5.32 Å². The van der Waals surface area contributed by atoms with Crippen molar-refractivity contribution in [3.8, 4) is 0 Å². The first-order valence-corrected chi connectivity index (χ1v) is 7.54. The first kappa shape index (κ1) is 12.8. The lowest BCUT2D eigenvalue weighted by molar-refractivity contribution is 0.158. The topological polar surface area (TPSA) is 44.3 Å². The standard InChI is InChI=1S/C13H19N5S/c1-17-5-7-18(8-6-17)4-3-14-13-12-11(2-9-19-12)15-10-16-13/h2,9-10H,3-8H2,1H3,(H,14,15,16). The van der Waals surface area contributed by atoms with Gasteiger partial charge in [0.2, 0.25) is 0 Å². The van der Waals surface area contributed by atoms with Crippen LogP contribution in [0.2, 0.25) is 0 Å². The third-order valence-corrected chi connectivity index (χ3v) is 4.47. The third-order valence-electron chi connectivity index (χ3n) is 3.56. The number of hydrogen-bond donors (Lipinski definition) is 1. The zero-order valence-corrected chi connectivity index (χ0v) is 12.0. The minimum absolute atomic E-state index is 0.938. The maximum atomic E-state index is 4.34. The van der Waals surface area contributed by atoms with Gasteiger partial charge in [-0.1, -0.05) is 0 Å². The van der Waals surface area contributed by atoms with Crippen LogP contribution in [0.3, 0.4) is 0 Å². The van der Waals surface area contributed by atoms with Crippen molar-refractivity contribution >= 4 is 27.4 Å². The molecule has 0 bridgehead atoms. The van der Waals surface area contributed by atoms with Crippen molar-refractivity contribution in [2.75, 3.05) is 51.6 Å². The molecule has 102 valence electrons. The Morgan fingerprint density at radius 3 is 2.95 bits per heavy atom. The predicted molar refractivity (Wildman–Crippen MR) is 79.8 cm³/mol. The highest BCUT2D eigenvalue weighted by atomic mass is 32.1. The number of likely N-dealkylation sites (N-methyl/N-ethyl adjacent to an activating group) is 1. The van der Waals surface area contributed by atoms with Gasteiger partial charge in [-0.05, 0) is 18.5 Å². The Bertz CT molecular complexity index is 533. The molecule has 0 saturated carbocycles. The molecular formula is C13H19N5S. The number of nitrogens with one attached hydrogen (secondary N) is 1. The molecule has 3 heterocycles. The number of thiophene rings is 1. The van der Waals surface area contributed by atoms with E-state index in [9.17, 15) is 0 Å². The monoisotopic (exact) mass is 277 g/mol. The van der Waals surface area contributed by atoms with Gasteiger partial charge < -0.3 is 10.2 Å². The highest BCUT2D eigenvalue weighted by Crippen LogP contribution is 2.24. The molecule has 5 nitrogen and oxygen atoms in total.